The lowest BCUT2D eigenvalue weighted by Crippen LogP contribution is -1.93. The SMILES string of the molecule is CCCCCCCCCCc1ccc(C#Cc2c(F)cc(C#Cc3ccc(CCCCC)cc3)cc2F)cc1. The zero-order valence-electron chi connectivity index (χ0n) is 23.7. The van der Waals surface area contributed by atoms with Gasteiger partial charge in [0.15, 0.2) is 0 Å². The Bertz CT molecular complexity index is 1240. The highest BCUT2D eigenvalue weighted by Gasteiger charge is 2.08. The predicted molar refractivity (Wildman–Crippen MR) is 161 cm³/mol. The van der Waals surface area contributed by atoms with Gasteiger partial charge in [0, 0.05) is 16.7 Å². The number of hydrogen-bond acceptors (Lipinski definition) is 0. The van der Waals surface area contributed by atoms with E-state index in [0.29, 0.717) is 5.56 Å². The molecule has 0 saturated heterocycles. The summed E-state index contributed by atoms with van der Waals surface area (Å²) in [6.07, 6.45) is 16.2. The van der Waals surface area contributed by atoms with Crippen molar-refractivity contribution >= 4 is 0 Å². The molecule has 2 heteroatoms. The van der Waals surface area contributed by atoms with Gasteiger partial charge in [-0.05, 0) is 73.2 Å². The minimum absolute atomic E-state index is 0.222. The topological polar surface area (TPSA) is 0 Å². The molecule has 0 atom stereocenters. The number of aryl methyl sites for hydroxylation is 2. The molecule has 0 N–H and O–H groups in total. The van der Waals surface area contributed by atoms with Gasteiger partial charge in [0.1, 0.15) is 11.6 Å². The van der Waals surface area contributed by atoms with Gasteiger partial charge < -0.3 is 0 Å². The number of unbranched alkanes of at least 4 members (excludes halogenated alkanes) is 9. The maximum atomic E-state index is 14.7. The Kier molecular flexibility index (Phi) is 13.4. The molecule has 0 aliphatic heterocycles. The van der Waals surface area contributed by atoms with Gasteiger partial charge >= 0.3 is 0 Å². The van der Waals surface area contributed by atoms with E-state index in [1.807, 2.05) is 24.3 Å². The van der Waals surface area contributed by atoms with Gasteiger partial charge in [-0.2, -0.15) is 0 Å². The van der Waals surface area contributed by atoms with Gasteiger partial charge in [0.2, 0.25) is 0 Å². The third-order valence-electron chi connectivity index (χ3n) is 7.02. The molecule has 0 aromatic heterocycles. The Morgan fingerprint density at radius 3 is 1.36 bits per heavy atom. The monoisotopic (exact) mass is 524 g/mol. The fourth-order valence-corrected chi connectivity index (χ4v) is 4.60. The number of benzene rings is 3. The van der Waals surface area contributed by atoms with Crippen molar-refractivity contribution in [2.24, 2.45) is 0 Å². The van der Waals surface area contributed by atoms with Gasteiger partial charge in [0.25, 0.3) is 0 Å². The maximum absolute atomic E-state index is 14.7. The van der Waals surface area contributed by atoms with Crippen LogP contribution in [0.4, 0.5) is 8.78 Å². The molecule has 0 fully saturated rings. The molecule has 0 unspecified atom stereocenters. The third-order valence-corrected chi connectivity index (χ3v) is 7.02. The van der Waals surface area contributed by atoms with E-state index in [1.165, 1.54) is 93.9 Å². The second kappa shape index (κ2) is 17.3. The Morgan fingerprint density at radius 1 is 0.462 bits per heavy atom. The van der Waals surface area contributed by atoms with Gasteiger partial charge in [-0.25, -0.2) is 8.78 Å². The normalized spacial score (nSPS) is 10.5. The Hall–Kier alpha value is -3.36. The summed E-state index contributed by atoms with van der Waals surface area (Å²) in [7, 11) is 0. The molecule has 0 heterocycles. The first-order chi connectivity index (χ1) is 19.1. The molecule has 0 nitrogen and oxygen atoms in total. The maximum Gasteiger partial charge on any atom is 0.143 e. The minimum Gasteiger partial charge on any atom is -0.205 e. The smallest absolute Gasteiger partial charge is 0.143 e. The van der Waals surface area contributed by atoms with Crippen molar-refractivity contribution in [3.63, 3.8) is 0 Å². The van der Waals surface area contributed by atoms with Crippen LogP contribution in [-0.2, 0) is 12.8 Å². The highest BCUT2D eigenvalue weighted by Crippen LogP contribution is 2.16. The fraction of sp³-hybridized carbons (Fsp3) is 0.405. The molecule has 3 aromatic rings. The van der Waals surface area contributed by atoms with Gasteiger partial charge in [-0.15, -0.1) is 0 Å². The number of hydrogen-bond donors (Lipinski definition) is 0. The Balaban J connectivity index is 1.53. The lowest BCUT2D eigenvalue weighted by atomic mass is 10.0. The molecular formula is C37H42F2. The summed E-state index contributed by atoms with van der Waals surface area (Å²) in [5.41, 5.74) is 4.21. The molecule has 0 saturated carbocycles. The Morgan fingerprint density at radius 2 is 0.846 bits per heavy atom. The van der Waals surface area contributed by atoms with Crippen LogP contribution in [0, 0.1) is 35.3 Å². The largest absolute Gasteiger partial charge is 0.205 e. The summed E-state index contributed by atoms with van der Waals surface area (Å²) in [5.74, 6) is 10.1. The molecule has 204 valence electrons. The zero-order valence-corrected chi connectivity index (χ0v) is 23.7. The van der Waals surface area contributed by atoms with Gasteiger partial charge in [0.05, 0.1) is 5.56 Å². The lowest BCUT2D eigenvalue weighted by Gasteiger charge is -2.03. The molecular weight excluding hydrogens is 482 g/mol. The molecule has 39 heavy (non-hydrogen) atoms. The van der Waals surface area contributed by atoms with E-state index in [9.17, 15) is 8.78 Å². The van der Waals surface area contributed by atoms with Crippen LogP contribution >= 0.6 is 0 Å². The summed E-state index contributed by atoms with van der Waals surface area (Å²) in [6, 6.07) is 18.6. The average Bonchev–Trinajstić information content (AvgIpc) is 2.94. The van der Waals surface area contributed by atoms with Crippen LogP contribution in [0.25, 0.3) is 0 Å². The van der Waals surface area contributed by atoms with Crippen LogP contribution in [-0.4, -0.2) is 0 Å². The summed E-state index contributed by atoms with van der Waals surface area (Å²) in [5, 5.41) is 0. The van der Waals surface area contributed by atoms with Crippen LogP contribution in [0.2, 0.25) is 0 Å². The summed E-state index contributed by atoms with van der Waals surface area (Å²) < 4.78 is 29.4. The van der Waals surface area contributed by atoms with Crippen molar-refractivity contribution in [2.45, 2.75) is 97.3 Å². The third kappa shape index (κ3) is 11.1. The second-order valence-corrected chi connectivity index (χ2v) is 10.4. The van der Waals surface area contributed by atoms with Crippen molar-refractivity contribution in [1.82, 2.24) is 0 Å². The summed E-state index contributed by atoms with van der Waals surface area (Å²) in [4.78, 5) is 0. The lowest BCUT2D eigenvalue weighted by molar-refractivity contribution is 0.575. The first-order valence-corrected chi connectivity index (χ1v) is 14.8. The minimum atomic E-state index is -0.690. The van der Waals surface area contributed by atoms with Gasteiger partial charge in [-0.1, -0.05) is 120 Å². The van der Waals surface area contributed by atoms with E-state index in [0.717, 1.165) is 24.0 Å². The standard InChI is InChI=1S/C37H42F2/c1-3-5-7-8-9-10-11-13-15-31-18-22-33(23-19-31)26-27-35-36(38)28-34(29-37(35)39)25-24-32-20-16-30(17-21-32)14-12-6-4-2/h16-23,28-29H,3-15H2,1-2H3. The van der Waals surface area contributed by atoms with Crippen molar-refractivity contribution in [3.8, 4) is 23.7 Å². The van der Waals surface area contributed by atoms with E-state index >= 15 is 0 Å². The average molecular weight is 525 g/mol. The van der Waals surface area contributed by atoms with Crippen molar-refractivity contribution < 1.29 is 8.78 Å². The van der Waals surface area contributed by atoms with E-state index in [-0.39, 0.29) is 5.56 Å². The zero-order chi connectivity index (χ0) is 27.7. The quantitative estimate of drug-likeness (QED) is 0.154. The summed E-state index contributed by atoms with van der Waals surface area (Å²) >= 11 is 0. The molecule has 0 aliphatic rings. The number of rotatable bonds is 13. The van der Waals surface area contributed by atoms with Crippen LogP contribution in [0.5, 0.6) is 0 Å². The highest BCUT2D eigenvalue weighted by atomic mass is 19.1. The number of halogens is 2. The van der Waals surface area contributed by atoms with Crippen molar-refractivity contribution in [1.29, 1.82) is 0 Å². The molecule has 3 rings (SSSR count). The predicted octanol–water partition coefficient (Wildman–Crippen LogP) is 10.2. The first-order valence-electron chi connectivity index (χ1n) is 14.8. The molecule has 0 aliphatic carbocycles. The van der Waals surface area contributed by atoms with E-state index < -0.39 is 11.6 Å². The summed E-state index contributed by atoms with van der Waals surface area (Å²) in [6.45, 7) is 4.44. The Labute approximate surface area is 235 Å². The fourth-order valence-electron chi connectivity index (χ4n) is 4.60. The molecule has 0 amide bonds. The van der Waals surface area contributed by atoms with Crippen LogP contribution in [0.15, 0.2) is 60.7 Å². The first kappa shape index (κ1) is 30.2. The van der Waals surface area contributed by atoms with Gasteiger partial charge in [-0.3, -0.25) is 0 Å². The second-order valence-electron chi connectivity index (χ2n) is 10.4. The van der Waals surface area contributed by atoms with Crippen LogP contribution in [0.1, 0.15) is 118 Å². The molecule has 3 aromatic carbocycles. The van der Waals surface area contributed by atoms with E-state index in [4.69, 9.17) is 0 Å². The van der Waals surface area contributed by atoms with Crippen LogP contribution < -0.4 is 0 Å². The highest BCUT2D eigenvalue weighted by molar-refractivity contribution is 5.49. The molecule has 0 spiro atoms. The van der Waals surface area contributed by atoms with Crippen molar-refractivity contribution in [2.75, 3.05) is 0 Å². The van der Waals surface area contributed by atoms with Crippen molar-refractivity contribution in [3.05, 3.63) is 106 Å². The van der Waals surface area contributed by atoms with E-state index in [1.54, 1.807) is 0 Å². The van der Waals surface area contributed by atoms with Crippen LogP contribution in [0.3, 0.4) is 0 Å². The molecule has 0 radical (unpaired) electrons. The molecule has 0 bridgehead atoms. The van der Waals surface area contributed by atoms with E-state index in [2.05, 4.69) is 61.8 Å².